The number of nitrogens with zero attached hydrogens (tertiary/aromatic N) is 1. The van der Waals surface area contributed by atoms with Gasteiger partial charge in [0.15, 0.2) is 0 Å². The third-order valence-corrected chi connectivity index (χ3v) is 6.93. The maximum atomic E-state index is 2.40. The van der Waals surface area contributed by atoms with Crippen LogP contribution < -0.4 is 0 Å². The molecule has 0 saturated carbocycles. The average Bonchev–Trinajstić information content (AvgIpc) is 3.18. The minimum Gasteiger partial charge on any atom is -0.309 e. The van der Waals surface area contributed by atoms with E-state index in [2.05, 4.69) is 128 Å². The van der Waals surface area contributed by atoms with E-state index in [0.29, 0.717) is 5.92 Å². The number of allylic oxidation sites excluding steroid dienone is 4. The maximum Gasteiger partial charge on any atom is 0.0541 e. The van der Waals surface area contributed by atoms with E-state index in [1.165, 1.54) is 55.3 Å². The van der Waals surface area contributed by atoms with Crippen molar-refractivity contribution in [3.8, 4) is 16.8 Å². The fourth-order valence-corrected chi connectivity index (χ4v) is 5.11. The van der Waals surface area contributed by atoms with Gasteiger partial charge in [-0.05, 0) is 77.9 Å². The van der Waals surface area contributed by atoms with E-state index in [4.69, 9.17) is 0 Å². The Kier molecular flexibility index (Phi) is 4.77. The number of hydrogen-bond acceptors (Lipinski definition) is 0. The highest BCUT2D eigenvalue weighted by Crippen LogP contribution is 2.38. The van der Waals surface area contributed by atoms with E-state index in [-0.39, 0.29) is 0 Å². The molecule has 1 nitrogen and oxygen atoms in total. The molecule has 0 fully saturated rings. The molecule has 1 heteroatoms. The first-order chi connectivity index (χ1) is 16.2. The number of fused-ring (bicyclic) bond motifs is 3. The fraction of sp³-hybridized carbons (Fsp3) is 0.125. The summed E-state index contributed by atoms with van der Waals surface area (Å²) in [5.41, 5.74) is 10.2. The molecule has 0 saturated heterocycles. The number of aromatic nitrogens is 1. The molecule has 0 aliphatic heterocycles. The van der Waals surface area contributed by atoms with Crippen LogP contribution in [0.15, 0.2) is 109 Å². The van der Waals surface area contributed by atoms with Gasteiger partial charge in [-0.25, -0.2) is 0 Å². The lowest BCUT2D eigenvalue weighted by Gasteiger charge is -2.17. The van der Waals surface area contributed by atoms with Gasteiger partial charge in [0.2, 0.25) is 0 Å². The average molecular weight is 426 g/mol. The lowest BCUT2D eigenvalue weighted by Crippen LogP contribution is -2.00. The van der Waals surface area contributed by atoms with Crippen LogP contribution in [0.1, 0.15) is 24.5 Å². The lowest BCUT2D eigenvalue weighted by atomic mass is 9.87. The van der Waals surface area contributed by atoms with E-state index in [9.17, 15) is 0 Å². The number of aryl methyl sites for hydroxylation is 1. The van der Waals surface area contributed by atoms with Crippen LogP contribution in [0.2, 0.25) is 0 Å². The Morgan fingerprint density at radius 3 is 2.06 bits per heavy atom. The van der Waals surface area contributed by atoms with Crippen molar-refractivity contribution < 1.29 is 0 Å². The second kappa shape index (κ2) is 7.94. The van der Waals surface area contributed by atoms with Crippen LogP contribution in [0.4, 0.5) is 0 Å². The standard InChI is InChI=1S/C32H27N/c1-22-12-16-27(17-13-22)33-31-18-14-25(24-9-4-3-5-10-24)20-29(31)30-21-26(15-19-32(30)33)28-11-7-6-8-23(28)2/h3-7,9-21,23H,8H2,1-2H3. The van der Waals surface area contributed by atoms with Gasteiger partial charge in [-0.3, -0.25) is 0 Å². The van der Waals surface area contributed by atoms with Crippen molar-refractivity contribution in [2.75, 3.05) is 0 Å². The first-order valence-corrected chi connectivity index (χ1v) is 11.8. The van der Waals surface area contributed by atoms with Crippen molar-refractivity contribution in [1.82, 2.24) is 4.57 Å². The zero-order chi connectivity index (χ0) is 22.4. The molecule has 1 aliphatic carbocycles. The minimum absolute atomic E-state index is 0.540. The molecule has 1 aromatic heterocycles. The number of hydrogen-bond donors (Lipinski definition) is 0. The fourth-order valence-electron chi connectivity index (χ4n) is 5.11. The highest BCUT2D eigenvalue weighted by atomic mass is 15.0. The van der Waals surface area contributed by atoms with E-state index in [1.54, 1.807) is 0 Å². The largest absolute Gasteiger partial charge is 0.309 e. The molecule has 0 N–H and O–H groups in total. The minimum atomic E-state index is 0.540. The monoisotopic (exact) mass is 425 g/mol. The Labute approximate surface area is 195 Å². The Bertz CT molecular complexity index is 1530. The summed E-state index contributed by atoms with van der Waals surface area (Å²) in [5.74, 6) is 0.540. The van der Waals surface area contributed by atoms with Crippen LogP contribution in [0.3, 0.4) is 0 Å². The van der Waals surface area contributed by atoms with Crippen LogP contribution in [0.25, 0.3) is 44.2 Å². The van der Waals surface area contributed by atoms with Crippen molar-refractivity contribution in [1.29, 1.82) is 0 Å². The quantitative estimate of drug-likeness (QED) is 0.272. The molecule has 0 spiro atoms. The molecule has 33 heavy (non-hydrogen) atoms. The van der Waals surface area contributed by atoms with Crippen molar-refractivity contribution in [2.45, 2.75) is 20.3 Å². The van der Waals surface area contributed by atoms with E-state index >= 15 is 0 Å². The van der Waals surface area contributed by atoms with Crippen LogP contribution >= 0.6 is 0 Å². The summed E-state index contributed by atoms with van der Waals surface area (Å²) in [6.07, 6.45) is 7.85. The molecular weight excluding hydrogens is 398 g/mol. The summed E-state index contributed by atoms with van der Waals surface area (Å²) < 4.78 is 2.40. The molecule has 160 valence electrons. The first-order valence-electron chi connectivity index (χ1n) is 11.8. The van der Waals surface area contributed by atoms with Crippen molar-refractivity contribution in [3.05, 3.63) is 120 Å². The molecule has 1 aliphatic rings. The topological polar surface area (TPSA) is 4.93 Å². The van der Waals surface area contributed by atoms with Gasteiger partial charge >= 0.3 is 0 Å². The lowest BCUT2D eigenvalue weighted by molar-refractivity contribution is 0.759. The van der Waals surface area contributed by atoms with Crippen molar-refractivity contribution in [3.63, 3.8) is 0 Å². The van der Waals surface area contributed by atoms with E-state index in [0.717, 1.165) is 6.42 Å². The molecule has 0 amide bonds. The summed E-state index contributed by atoms with van der Waals surface area (Å²) in [7, 11) is 0. The second-order valence-corrected chi connectivity index (χ2v) is 9.19. The summed E-state index contributed by atoms with van der Waals surface area (Å²) in [6, 6.07) is 33.4. The van der Waals surface area contributed by atoms with Crippen LogP contribution in [-0.2, 0) is 0 Å². The summed E-state index contributed by atoms with van der Waals surface area (Å²) >= 11 is 0. The molecule has 5 aromatic rings. The number of rotatable bonds is 3. The molecule has 1 atom stereocenters. The van der Waals surface area contributed by atoms with Gasteiger partial charge in [-0.15, -0.1) is 0 Å². The predicted molar refractivity (Wildman–Crippen MR) is 142 cm³/mol. The van der Waals surface area contributed by atoms with Crippen LogP contribution in [-0.4, -0.2) is 4.57 Å². The molecule has 6 rings (SSSR count). The molecule has 1 unspecified atom stereocenters. The van der Waals surface area contributed by atoms with Gasteiger partial charge in [0, 0.05) is 16.5 Å². The molecular formula is C32H27N. The zero-order valence-electron chi connectivity index (χ0n) is 19.1. The van der Waals surface area contributed by atoms with Crippen LogP contribution in [0.5, 0.6) is 0 Å². The maximum absolute atomic E-state index is 2.40. The summed E-state index contributed by atoms with van der Waals surface area (Å²) in [5, 5.41) is 2.61. The van der Waals surface area contributed by atoms with Gasteiger partial charge in [-0.1, -0.05) is 85.3 Å². The first kappa shape index (κ1) is 19.8. The Balaban J connectivity index is 1.64. The predicted octanol–water partition coefficient (Wildman–Crippen LogP) is 8.74. The molecule has 1 heterocycles. The second-order valence-electron chi connectivity index (χ2n) is 9.19. The van der Waals surface area contributed by atoms with Gasteiger partial charge in [-0.2, -0.15) is 0 Å². The summed E-state index contributed by atoms with van der Waals surface area (Å²) in [6.45, 7) is 4.46. The Morgan fingerprint density at radius 1 is 0.697 bits per heavy atom. The zero-order valence-corrected chi connectivity index (χ0v) is 19.1. The van der Waals surface area contributed by atoms with Crippen molar-refractivity contribution >= 4 is 27.4 Å². The Morgan fingerprint density at radius 2 is 1.36 bits per heavy atom. The summed E-state index contributed by atoms with van der Waals surface area (Å²) in [4.78, 5) is 0. The third-order valence-electron chi connectivity index (χ3n) is 6.93. The molecule has 4 aromatic carbocycles. The highest BCUT2D eigenvalue weighted by Gasteiger charge is 2.17. The van der Waals surface area contributed by atoms with Gasteiger partial charge < -0.3 is 4.57 Å². The third kappa shape index (κ3) is 3.41. The van der Waals surface area contributed by atoms with Gasteiger partial charge in [0.1, 0.15) is 0 Å². The highest BCUT2D eigenvalue weighted by molar-refractivity contribution is 6.11. The van der Waals surface area contributed by atoms with Gasteiger partial charge in [0.25, 0.3) is 0 Å². The van der Waals surface area contributed by atoms with Crippen molar-refractivity contribution in [2.24, 2.45) is 5.92 Å². The van der Waals surface area contributed by atoms with E-state index in [1.807, 2.05) is 0 Å². The number of benzene rings is 4. The normalized spacial score (nSPS) is 15.8. The Hall–Kier alpha value is -3.84. The molecule has 0 bridgehead atoms. The van der Waals surface area contributed by atoms with Gasteiger partial charge in [0.05, 0.1) is 11.0 Å². The SMILES string of the molecule is Cc1ccc(-n2c3ccc(C4=CC=CCC4C)cc3c3cc(-c4ccccc4)ccc32)cc1. The smallest absolute Gasteiger partial charge is 0.0541 e. The molecule has 0 radical (unpaired) electrons. The van der Waals surface area contributed by atoms with Crippen LogP contribution in [0, 0.1) is 12.8 Å². The van der Waals surface area contributed by atoms with E-state index < -0.39 is 0 Å².